The van der Waals surface area contributed by atoms with Crippen LogP contribution in [0, 0.1) is 11.8 Å². The van der Waals surface area contributed by atoms with Gasteiger partial charge in [-0.2, -0.15) is 0 Å². The van der Waals surface area contributed by atoms with E-state index < -0.39 is 0 Å². The Labute approximate surface area is 130 Å². The molecule has 0 aromatic carbocycles. The molecule has 3 atom stereocenters. The van der Waals surface area contributed by atoms with Crippen LogP contribution >= 0.6 is 34.5 Å². The molecule has 0 amide bonds. The predicted molar refractivity (Wildman–Crippen MR) is 86.5 cm³/mol. The van der Waals surface area contributed by atoms with E-state index in [9.17, 15) is 0 Å². The van der Waals surface area contributed by atoms with E-state index in [-0.39, 0.29) is 6.04 Å². The third-order valence-electron chi connectivity index (χ3n) is 4.29. The number of rotatable bonds is 4. The fourth-order valence-corrected chi connectivity index (χ4v) is 4.87. The fourth-order valence-electron chi connectivity index (χ4n) is 3.22. The van der Waals surface area contributed by atoms with Crippen molar-refractivity contribution in [1.82, 2.24) is 5.32 Å². The Kier molecular flexibility index (Phi) is 5.59. The van der Waals surface area contributed by atoms with Gasteiger partial charge in [0.05, 0.1) is 8.67 Å². The van der Waals surface area contributed by atoms with Crippen LogP contribution in [0.1, 0.15) is 58.1 Å². The second-order valence-corrected chi connectivity index (χ2v) is 8.25. The molecule has 1 aliphatic carbocycles. The quantitative estimate of drug-likeness (QED) is 0.726. The maximum Gasteiger partial charge on any atom is 0.0991 e. The van der Waals surface area contributed by atoms with Gasteiger partial charge in [0.15, 0.2) is 0 Å². The van der Waals surface area contributed by atoms with Gasteiger partial charge in [-0.1, -0.05) is 49.9 Å². The molecule has 0 bridgehead atoms. The van der Waals surface area contributed by atoms with Crippen molar-refractivity contribution in [2.24, 2.45) is 11.8 Å². The normalized spacial score (nSPS) is 25.8. The highest BCUT2D eigenvalue weighted by Gasteiger charge is 2.29. The molecule has 1 aliphatic rings. The van der Waals surface area contributed by atoms with Crippen molar-refractivity contribution in [3.8, 4) is 0 Å². The van der Waals surface area contributed by atoms with Crippen LogP contribution in [-0.4, -0.2) is 6.04 Å². The Morgan fingerprint density at radius 2 is 1.89 bits per heavy atom. The molecule has 4 heteroatoms. The van der Waals surface area contributed by atoms with Gasteiger partial charge in [-0.3, -0.25) is 0 Å². The lowest BCUT2D eigenvalue weighted by atomic mass is 9.77. The van der Waals surface area contributed by atoms with Crippen LogP contribution in [0.15, 0.2) is 6.07 Å². The second-order valence-electron chi connectivity index (χ2n) is 5.97. The summed E-state index contributed by atoms with van der Waals surface area (Å²) < 4.78 is 1.60. The topological polar surface area (TPSA) is 12.0 Å². The minimum absolute atomic E-state index is 0.278. The third-order valence-corrected chi connectivity index (χ3v) is 5.81. The average Bonchev–Trinajstić information content (AvgIpc) is 2.69. The van der Waals surface area contributed by atoms with Crippen LogP contribution in [0.25, 0.3) is 0 Å². The second kappa shape index (κ2) is 6.80. The van der Waals surface area contributed by atoms with Crippen molar-refractivity contribution < 1.29 is 0 Å². The first-order valence-electron chi connectivity index (χ1n) is 7.19. The molecule has 19 heavy (non-hydrogen) atoms. The third kappa shape index (κ3) is 3.87. The summed E-state index contributed by atoms with van der Waals surface area (Å²) in [5, 5.41) is 3.78. The van der Waals surface area contributed by atoms with E-state index in [2.05, 4.69) is 26.1 Å². The summed E-state index contributed by atoms with van der Waals surface area (Å²) in [6.07, 6.45) is 5.34. The summed E-state index contributed by atoms with van der Waals surface area (Å²) in [6.45, 7) is 6.86. The molecular weight excluding hydrogens is 297 g/mol. The first kappa shape index (κ1) is 15.6. The SMILES string of the molecule is CC(NC1CCCCC1C(C)C)c1cc(Cl)sc1Cl. The van der Waals surface area contributed by atoms with Gasteiger partial charge in [0.2, 0.25) is 0 Å². The monoisotopic (exact) mass is 319 g/mol. The maximum absolute atomic E-state index is 6.25. The Hall–Kier alpha value is 0.240. The van der Waals surface area contributed by atoms with Crippen LogP contribution in [0.3, 0.4) is 0 Å². The minimum Gasteiger partial charge on any atom is -0.307 e. The molecule has 1 heterocycles. The van der Waals surface area contributed by atoms with Crippen LogP contribution < -0.4 is 5.32 Å². The summed E-state index contributed by atoms with van der Waals surface area (Å²) >= 11 is 13.7. The van der Waals surface area contributed by atoms with E-state index in [1.165, 1.54) is 37.0 Å². The zero-order chi connectivity index (χ0) is 14.0. The summed E-state index contributed by atoms with van der Waals surface area (Å²) in [5.74, 6) is 1.52. The lowest BCUT2D eigenvalue weighted by Gasteiger charge is -2.36. The van der Waals surface area contributed by atoms with Gasteiger partial charge >= 0.3 is 0 Å². The van der Waals surface area contributed by atoms with Crippen molar-refractivity contribution >= 4 is 34.5 Å². The molecule has 3 unspecified atom stereocenters. The molecule has 1 aromatic heterocycles. The summed E-state index contributed by atoms with van der Waals surface area (Å²) in [5.41, 5.74) is 1.14. The molecule has 0 saturated heterocycles. The molecule has 1 saturated carbocycles. The largest absolute Gasteiger partial charge is 0.307 e. The number of hydrogen-bond acceptors (Lipinski definition) is 2. The number of nitrogens with one attached hydrogen (secondary N) is 1. The maximum atomic E-state index is 6.25. The summed E-state index contributed by atoms with van der Waals surface area (Å²) in [4.78, 5) is 0. The standard InChI is InChI=1S/C15H23Cl2NS/c1-9(2)11-6-4-5-7-13(11)18-10(3)12-8-14(16)19-15(12)17/h8-11,13,18H,4-7H2,1-3H3. The van der Waals surface area contributed by atoms with Gasteiger partial charge in [-0.15, -0.1) is 11.3 Å². The van der Waals surface area contributed by atoms with Crippen LogP contribution in [-0.2, 0) is 0 Å². The Balaban J connectivity index is 2.04. The molecule has 0 spiro atoms. The molecule has 1 nitrogen and oxygen atoms in total. The highest BCUT2D eigenvalue weighted by atomic mass is 35.5. The van der Waals surface area contributed by atoms with Crippen molar-refractivity contribution in [2.75, 3.05) is 0 Å². The molecule has 1 fully saturated rings. The number of halogens is 2. The van der Waals surface area contributed by atoms with E-state index in [4.69, 9.17) is 23.2 Å². The highest BCUT2D eigenvalue weighted by molar-refractivity contribution is 7.20. The number of hydrogen-bond donors (Lipinski definition) is 1. The van der Waals surface area contributed by atoms with E-state index >= 15 is 0 Å². The summed E-state index contributed by atoms with van der Waals surface area (Å²) in [6, 6.07) is 2.89. The van der Waals surface area contributed by atoms with Crippen molar-refractivity contribution in [3.05, 3.63) is 20.3 Å². The van der Waals surface area contributed by atoms with Gasteiger partial charge < -0.3 is 5.32 Å². The first-order chi connectivity index (χ1) is 8.99. The van der Waals surface area contributed by atoms with E-state index in [1.807, 2.05) is 6.07 Å². The molecule has 1 aromatic rings. The van der Waals surface area contributed by atoms with E-state index in [0.717, 1.165) is 26.1 Å². The minimum atomic E-state index is 0.278. The molecule has 1 N–H and O–H groups in total. The zero-order valence-electron chi connectivity index (χ0n) is 11.9. The lowest BCUT2D eigenvalue weighted by Crippen LogP contribution is -2.41. The van der Waals surface area contributed by atoms with Gasteiger partial charge in [-0.05, 0) is 43.2 Å². The van der Waals surface area contributed by atoms with Gasteiger partial charge in [0.1, 0.15) is 0 Å². The highest BCUT2D eigenvalue weighted by Crippen LogP contribution is 2.37. The number of thiophene rings is 1. The smallest absolute Gasteiger partial charge is 0.0991 e. The van der Waals surface area contributed by atoms with Gasteiger partial charge in [0, 0.05) is 12.1 Å². The van der Waals surface area contributed by atoms with Crippen molar-refractivity contribution in [2.45, 2.75) is 58.5 Å². The predicted octanol–water partition coefficient (Wildman–Crippen LogP) is 5.92. The van der Waals surface area contributed by atoms with Crippen LogP contribution in [0.4, 0.5) is 0 Å². The summed E-state index contributed by atoms with van der Waals surface area (Å²) in [7, 11) is 0. The van der Waals surface area contributed by atoms with Crippen molar-refractivity contribution in [1.29, 1.82) is 0 Å². The molecule has 2 rings (SSSR count). The van der Waals surface area contributed by atoms with Gasteiger partial charge in [0.25, 0.3) is 0 Å². The lowest BCUT2D eigenvalue weighted by molar-refractivity contribution is 0.195. The molecular formula is C15H23Cl2NS. The van der Waals surface area contributed by atoms with E-state index in [1.54, 1.807) is 0 Å². The zero-order valence-corrected chi connectivity index (χ0v) is 14.2. The average molecular weight is 320 g/mol. The Morgan fingerprint density at radius 3 is 2.47 bits per heavy atom. The Morgan fingerprint density at radius 1 is 1.21 bits per heavy atom. The Bertz CT molecular complexity index is 416. The van der Waals surface area contributed by atoms with Crippen molar-refractivity contribution in [3.63, 3.8) is 0 Å². The molecule has 0 radical (unpaired) electrons. The van der Waals surface area contributed by atoms with Crippen LogP contribution in [0.5, 0.6) is 0 Å². The molecule has 108 valence electrons. The molecule has 0 aliphatic heterocycles. The fraction of sp³-hybridized carbons (Fsp3) is 0.733. The van der Waals surface area contributed by atoms with Gasteiger partial charge in [-0.25, -0.2) is 0 Å². The first-order valence-corrected chi connectivity index (χ1v) is 8.77. The van der Waals surface area contributed by atoms with E-state index in [0.29, 0.717) is 6.04 Å². The van der Waals surface area contributed by atoms with Crippen LogP contribution in [0.2, 0.25) is 8.67 Å².